The molecule has 0 spiro atoms. The van der Waals surface area contributed by atoms with Crippen LogP contribution in [-0.4, -0.2) is 14.6 Å². The second-order valence-electron chi connectivity index (χ2n) is 4.62. The molecule has 2 heterocycles. The maximum atomic E-state index is 12.7. The monoisotopic (exact) mass is 326 g/mol. The maximum Gasteiger partial charge on any atom is 0.416 e. The number of hydrogen-bond acceptors (Lipinski definition) is 3. The van der Waals surface area contributed by atoms with Gasteiger partial charge in [0.1, 0.15) is 11.0 Å². The van der Waals surface area contributed by atoms with Crippen LogP contribution in [0.4, 0.5) is 19.0 Å². The minimum absolute atomic E-state index is 0.208. The molecule has 2 aromatic heterocycles. The molecule has 1 N–H and O–H groups in total. The molecular formula is C14H10ClF3N4. The molecule has 8 heteroatoms. The topological polar surface area (TPSA) is 42.2 Å². The quantitative estimate of drug-likeness (QED) is 0.739. The average molecular weight is 327 g/mol. The summed E-state index contributed by atoms with van der Waals surface area (Å²) in [6, 6.07) is 8.39. The van der Waals surface area contributed by atoms with Gasteiger partial charge in [0.15, 0.2) is 5.65 Å². The fourth-order valence-electron chi connectivity index (χ4n) is 2.06. The van der Waals surface area contributed by atoms with Crippen molar-refractivity contribution in [3.8, 4) is 0 Å². The van der Waals surface area contributed by atoms with E-state index in [2.05, 4.69) is 15.4 Å². The zero-order valence-corrected chi connectivity index (χ0v) is 11.9. The van der Waals surface area contributed by atoms with Crippen LogP contribution in [0.1, 0.15) is 11.1 Å². The van der Waals surface area contributed by atoms with Crippen molar-refractivity contribution < 1.29 is 13.2 Å². The van der Waals surface area contributed by atoms with Gasteiger partial charge in [0.2, 0.25) is 0 Å². The molecule has 0 fully saturated rings. The summed E-state index contributed by atoms with van der Waals surface area (Å²) in [5.74, 6) is 0.553. The fourth-order valence-corrected chi connectivity index (χ4v) is 2.25. The van der Waals surface area contributed by atoms with Crippen LogP contribution in [0.25, 0.3) is 5.65 Å². The lowest BCUT2D eigenvalue weighted by Gasteiger charge is -2.11. The SMILES string of the molecule is FC(F)(F)c1cccc(CNc2cc(Cl)nc3ccnn23)c1. The summed E-state index contributed by atoms with van der Waals surface area (Å²) >= 11 is 5.91. The Labute approximate surface area is 128 Å². The standard InChI is InChI=1S/C14H10ClF3N4/c15-11-7-13(22-12(21-11)4-5-20-22)19-8-9-2-1-3-10(6-9)14(16,17)18/h1-7,19H,8H2. The molecule has 0 saturated heterocycles. The number of hydrogen-bond donors (Lipinski definition) is 1. The predicted octanol–water partition coefficient (Wildman–Crippen LogP) is 4.01. The number of nitrogens with one attached hydrogen (secondary N) is 1. The summed E-state index contributed by atoms with van der Waals surface area (Å²) in [6.45, 7) is 0.208. The number of anilines is 1. The number of fused-ring (bicyclic) bond motifs is 1. The lowest BCUT2D eigenvalue weighted by molar-refractivity contribution is -0.137. The van der Waals surface area contributed by atoms with Gasteiger partial charge in [-0.25, -0.2) is 4.98 Å². The van der Waals surface area contributed by atoms with Gasteiger partial charge in [-0.05, 0) is 17.7 Å². The molecule has 0 aliphatic rings. The Morgan fingerprint density at radius 1 is 1.18 bits per heavy atom. The molecule has 3 aromatic rings. The van der Waals surface area contributed by atoms with Crippen molar-refractivity contribution in [3.05, 3.63) is 58.9 Å². The Kier molecular flexibility index (Phi) is 3.66. The minimum atomic E-state index is -4.36. The Morgan fingerprint density at radius 2 is 2.00 bits per heavy atom. The molecule has 3 rings (SSSR count). The average Bonchev–Trinajstić information content (AvgIpc) is 2.92. The van der Waals surface area contributed by atoms with Gasteiger partial charge >= 0.3 is 6.18 Å². The molecule has 0 bridgehead atoms. The smallest absolute Gasteiger partial charge is 0.366 e. The lowest BCUT2D eigenvalue weighted by atomic mass is 10.1. The largest absolute Gasteiger partial charge is 0.416 e. The first-order valence-corrected chi connectivity index (χ1v) is 6.71. The van der Waals surface area contributed by atoms with Crippen molar-refractivity contribution >= 4 is 23.1 Å². The first kappa shape index (κ1) is 14.6. The highest BCUT2D eigenvalue weighted by molar-refractivity contribution is 6.29. The summed E-state index contributed by atoms with van der Waals surface area (Å²) in [5, 5.41) is 7.38. The molecule has 4 nitrogen and oxygen atoms in total. The van der Waals surface area contributed by atoms with Gasteiger partial charge in [0, 0.05) is 18.7 Å². The van der Waals surface area contributed by atoms with E-state index < -0.39 is 11.7 Å². The highest BCUT2D eigenvalue weighted by atomic mass is 35.5. The molecule has 0 saturated carbocycles. The molecule has 0 radical (unpaired) electrons. The third-order valence-electron chi connectivity index (χ3n) is 3.06. The number of benzene rings is 1. The van der Waals surface area contributed by atoms with Crippen LogP contribution in [-0.2, 0) is 12.7 Å². The van der Waals surface area contributed by atoms with Crippen LogP contribution in [0, 0.1) is 0 Å². The highest BCUT2D eigenvalue weighted by Crippen LogP contribution is 2.29. The van der Waals surface area contributed by atoms with Crippen LogP contribution in [0.2, 0.25) is 5.15 Å². The van der Waals surface area contributed by atoms with Gasteiger partial charge in [0.25, 0.3) is 0 Å². The number of alkyl halides is 3. The molecule has 22 heavy (non-hydrogen) atoms. The molecule has 0 unspecified atom stereocenters. The van der Waals surface area contributed by atoms with E-state index in [1.807, 2.05) is 0 Å². The second kappa shape index (κ2) is 5.49. The summed E-state index contributed by atoms with van der Waals surface area (Å²) in [4.78, 5) is 4.07. The van der Waals surface area contributed by atoms with Gasteiger partial charge in [-0.1, -0.05) is 23.7 Å². The number of halogens is 4. The van der Waals surface area contributed by atoms with Crippen molar-refractivity contribution in [3.63, 3.8) is 0 Å². The van der Waals surface area contributed by atoms with E-state index in [1.165, 1.54) is 10.6 Å². The van der Waals surface area contributed by atoms with Crippen LogP contribution >= 0.6 is 11.6 Å². The summed E-state index contributed by atoms with van der Waals surface area (Å²) in [5.41, 5.74) is 0.380. The van der Waals surface area contributed by atoms with Crippen molar-refractivity contribution in [2.45, 2.75) is 12.7 Å². The highest BCUT2D eigenvalue weighted by Gasteiger charge is 2.30. The van der Waals surface area contributed by atoms with Gasteiger partial charge in [-0.2, -0.15) is 22.8 Å². The number of aromatic nitrogens is 3. The Hall–Kier alpha value is -2.28. The maximum absolute atomic E-state index is 12.7. The van der Waals surface area contributed by atoms with Gasteiger partial charge < -0.3 is 5.32 Å². The molecule has 0 atom stereocenters. The van der Waals surface area contributed by atoms with E-state index in [-0.39, 0.29) is 11.7 Å². The third-order valence-corrected chi connectivity index (χ3v) is 3.25. The van der Waals surface area contributed by atoms with E-state index in [1.54, 1.807) is 24.4 Å². The normalized spacial score (nSPS) is 11.8. The molecule has 0 aliphatic heterocycles. The fraction of sp³-hybridized carbons (Fsp3) is 0.143. The van der Waals surface area contributed by atoms with Crippen LogP contribution in [0.15, 0.2) is 42.6 Å². The minimum Gasteiger partial charge on any atom is -0.366 e. The van der Waals surface area contributed by atoms with Gasteiger partial charge in [0.05, 0.1) is 11.8 Å². The first-order valence-electron chi connectivity index (χ1n) is 6.34. The number of rotatable bonds is 3. The summed E-state index contributed by atoms with van der Waals surface area (Å²) < 4.78 is 39.6. The second-order valence-corrected chi connectivity index (χ2v) is 5.00. The van der Waals surface area contributed by atoms with Crippen molar-refractivity contribution in [2.24, 2.45) is 0 Å². The van der Waals surface area contributed by atoms with Crippen molar-refractivity contribution in [1.29, 1.82) is 0 Å². The van der Waals surface area contributed by atoms with E-state index >= 15 is 0 Å². The molecule has 0 amide bonds. The van der Waals surface area contributed by atoms with Crippen LogP contribution in [0.5, 0.6) is 0 Å². The van der Waals surface area contributed by atoms with Gasteiger partial charge in [-0.3, -0.25) is 0 Å². The van der Waals surface area contributed by atoms with Crippen LogP contribution in [0.3, 0.4) is 0 Å². The van der Waals surface area contributed by atoms with E-state index in [0.29, 0.717) is 17.0 Å². The van der Waals surface area contributed by atoms with E-state index in [0.717, 1.165) is 12.1 Å². The molecule has 1 aromatic carbocycles. The number of nitrogens with zero attached hydrogens (tertiary/aromatic N) is 3. The Balaban J connectivity index is 1.84. The van der Waals surface area contributed by atoms with Crippen LogP contribution < -0.4 is 5.32 Å². The van der Waals surface area contributed by atoms with Crippen molar-refractivity contribution in [1.82, 2.24) is 14.6 Å². The molecule has 114 valence electrons. The first-order chi connectivity index (χ1) is 10.4. The lowest BCUT2D eigenvalue weighted by Crippen LogP contribution is -2.08. The predicted molar refractivity (Wildman–Crippen MR) is 76.8 cm³/mol. The van der Waals surface area contributed by atoms with E-state index in [4.69, 9.17) is 11.6 Å². The molecule has 0 aliphatic carbocycles. The Morgan fingerprint density at radius 3 is 2.77 bits per heavy atom. The summed E-state index contributed by atoms with van der Waals surface area (Å²) in [6.07, 6.45) is -2.79. The van der Waals surface area contributed by atoms with Crippen molar-refractivity contribution in [2.75, 3.05) is 5.32 Å². The van der Waals surface area contributed by atoms with E-state index in [9.17, 15) is 13.2 Å². The Bertz CT molecular complexity index is 813. The van der Waals surface area contributed by atoms with Gasteiger partial charge in [-0.15, -0.1) is 0 Å². The third kappa shape index (κ3) is 2.99. The zero-order valence-electron chi connectivity index (χ0n) is 11.1. The zero-order chi connectivity index (χ0) is 15.7. The summed E-state index contributed by atoms with van der Waals surface area (Å²) in [7, 11) is 0. The molecular weight excluding hydrogens is 317 g/mol.